The number of nitrogen functional groups attached to an aromatic ring is 1. The van der Waals surface area contributed by atoms with Gasteiger partial charge < -0.3 is 10.5 Å². The zero-order valence-electron chi connectivity index (χ0n) is 11.5. The maximum Gasteiger partial charge on any atom is 0.341 e. The summed E-state index contributed by atoms with van der Waals surface area (Å²) in [4.78, 5) is 13.0. The minimum Gasteiger partial charge on any atom is -0.465 e. The minimum atomic E-state index is -0.378. The second-order valence-corrected chi connectivity index (χ2v) is 5.84. The molecule has 2 aromatic rings. The van der Waals surface area contributed by atoms with Gasteiger partial charge >= 0.3 is 5.97 Å². The SMILES string of the molecule is COC(=O)c1c(N)sc(C)c1-c1ccc(C)cc1C. The van der Waals surface area contributed by atoms with Crippen molar-refractivity contribution in [3.63, 3.8) is 0 Å². The lowest BCUT2D eigenvalue weighted by Gasteiger charge is -2.09. The molecule has 1 aromatic heterocycles. The summed E-state index contributed by atoms with van der Waals surface area (Å²) in [7, 11) is 1.38. The van der Waals surface area contributed by atoms with Gasteiger partial charge in [-0.15, -0.1) is 11.3 Å². The topological polar surface area (TPSA) is 52.3 Å². The van der Waals surface area contributed by atoms with Crippen LogP contribution in [0, 0.1) is 20.8 Å². The maximum absolute atomic E-state index is 11.9. The second-order valence-electron chi connectivity index (χ2n) is 4.58. The molecule has 0 amide bonds. The summed E-state index contributed by atoms with van der Waals surface area (Å²) < 4.78 is 4.84. The van der Waals surface area contributed by atoms with Crippen LogP contribution in [0.4, 0.5) is 5.00 Å². The van der Waals surface area contributed by atoms with Crippen molar-refractivity contribution in [2.75, 3.05) is 12.8 Å². The first kappa shape index (κ1) is 13.6. The van der Waals surface area contributed by atoms with E-state index in [2.05, 4.69) is 6.07 Å². The highest BCUT2D eigenvalue weighted by molar-refractivity contribution is 7.16. The van der Waals surface area contributed by atoms with E-state index in [9.17, 15) is 4.79 Å². The first-order valence-corrected chi connectivity index (χ1v) is 6.82. The van der Waals surface area contributed by atoms with Crippen molar-refractivity contribution >= 4 is 22.3 Å². The fourth-order valence-corrected chi connectivity index (χ4v) is 3.22. The third-order valence-electron chi connectivity index (χ3n) is 3.15. The van der Waals surface area contributed by atoms with Crippen molar-refractivity contribution in [1.82, 2.24) is 0 Å². The van der Waals surface area contributed by atoms with E-state index in [0.717, 1.165) is 21.6 Å². The van der Waals surface area contributed by atoms with Crippen LogP contribution in [-0.2, 0) is 4.74 Å². The molecule has 1 aromatic carbocycles. The number of hydrogen-bond acceptors (Lipinski definition) is 4. The van der Waals surface area contributed by atoms with Crippen LogP contribution in [-0.4, -0.2) is 13.1 Å². The van der Waals surface area contributed by atoms with Gasteiger partial charge in [-0.3, -0.25) is 0 Å². The van der Waals surface area contributed by atoms with Gasteiger partial charge in [-0.25, -0.2) is 4.79 Å². The van der Waals surface area contributed by atoms with Crippen LogP contribution < -0.4 is 5.73 Å². The van der Waals surface area contributed by atoms with E-state index < -0.39 is 0 Å². The Balaban J connectivity index is 2.71. The van der Waals surface area contributed by atoms with Gasteiger partial charge in [-0.2, -0.15) is 0 Å². The molecule has 19 heavy (non-hydrogen) atoms. The molecule has 0 saturated heterocycles. The van der Waals surface area contributed by atoms with Gasteiger partial charge in [0.25, 0.3) is 0 Å². The molecule has 0 unspecified atom stereocenters. The highest BCUT2D eigenvalue weighted by Crippen LogP contribution is 2.39. The predicted molar refractivity (Wildman–Crippen MR) is 79.7 cm³/mol. The number of rotatable bonds is 2. The van der Waals surface area contributed by atoms with E-state index >= 15 is 0 Å². The number of esters is 1. The molecule has 0 aliphatic rings. The van der Waals surface area contributed by atoms with Crippen LogP contribution >= 0.6 is 11.3 Å². The maximum atomic E-state index is 11.9. The highest BCUT2D eigenvalue weighted by Gasteiger charge is 2.23. The van der Waals surface area contributed by atoms with E-state index in [1.807, 2.05) is 32.9 Å². The predicted octanol–water partition coefficient (Wildman–Crippen LogP) is 3.71. The van der Waals surface area contributed by atoms with Crippen LogP contribution in [0.15, 0.2) is 18.2 Å². The third-order valence-corrected chi connectivity index (χ3v) is 4.09. The van der Waals surface area contributed by atoms with E-state index in [4.69, 9.17) is 10.5 Å². The van der Waals surface area contributed by atoms with Gasteiger partial charge in [0.2, 0.25) is 0 Å². The van der Waals surface area contributed by atoms with E-state index in [1.165, 1.54) is 24.0 Å². The molecule has 1 heterocycles. The minimum absolute atomic E-state index is 0.378. The number of thiophene rings is 1. The average Bonchev–Trinajstić information content (AvgIpc) is 2.63. The number of nitrogens with two attached hydrogens (primary N) is 1. The number of aryl methyl sites for hydroxylation is 3. The first-order valence-electron chi connectivity index (χ1n) is 6.00. The number of hydrogen-bond donors (Lipinski definition) is 1. The van der Waals surface area contributed by atoms with E-state index in [1.54, 1.807) is 0 Å². The third kappa shape index (κ3) is 2.36. The Morgan fingerprint density at radius 3 is 2.53 bits per heavy atom. The van der Waals surface area contributed by atoms with Crippen LogP contribution in [0.25, 0.3) is 11.1 Å². The van der Waals surface area contributed by atoms with Gasteiger partial charge in [-0.1, -0.05) is 23.8 Å². The number of benzene rings is 1. The van der Waals surface area contributed by atoms with E-state index in [0.29, 0.717) is 10.6 Å². The summed E-state index contributed by atoms with van der Waals surface area (Å²) in [6, 6.07) is 6.17. The number of methoxy groups -OCH3 is 1. The summed E-state index contributed by atoms with van der Waals surface area (Å²) in [5.41, 5.74) is 10.7. The highest BCUT2D eigenvalue weighted by atomic mass is 32.1. The number of ether oxygens (including phenoxy) is 1. The molecule has 0 saturated carbocycles. The lowest BCUT2D eigenvalue weighted by atomic mass is 9.96. The van der Waals surface area contributed by atoms with Crippen LogP contribution in [0.2, 0.25) is 0 Å². The van der Waals surface area contributed by atoms with Crippen LogP contribution in [0.3, 0.4) is 0 Å². The fraction of sp³-hybridized carbons (Fsp3) is 0.267. The standard InChI is InChI=1S/C15H17NO2S/c1-8-5-6-11(9(2)7-8)12-10(3)19-14(16)13(12)15(17)18-4/h5-7H,16H2,1-4H3. The zero-order valence-corrected chi connectivity index (χ0v) is 12.4. The summed E-state index contributed by atoms with van der Waals surface area (Å²) in [6.45, 7) is 6.06. The first-order chi connectivity index (χ1) is 8.95. The molecule has 0 aliphatic carbocycles. The Morgan fingerprint density at radius 1 is 1.26 bits per heavy atom. The smallest absolute Gasteiger partial charge is 0.341 e. The summed E-state index contributed by atoms with van der Waals surface area (Å²) in [6.07, 6.45) is 0. The fourth-order valence-electron chi connectivity index (χ4n) is 2.29. The summed E-state index contributed by atoms with van der Waals surface area (Å²) in [5, 5.41) is 0.513. The van der Waals surface area contributed by atoms with Crippen molar-refractivity contribution in [3.8, 4) is 11.1 Å². The molecule has 2 N–H and O–H groups in total. The lowest BCUT2D eigenvalue weighted by Crippen LogP contribution is -2.05. The quantitative estimate of drug-likeness (QED) is 0.850. The molecule has 100 valence electrons. The van der Waals surface area contributed by atoms with Crippen LogP contribution in [0.5, 0.6) is 0 Å². The van der Waals surface area contributed by atoms with Gasteiger partial charge in [0, 0.05) is 10.4 Å². The van der Waals surface area contributed by atoms with Crippen molar-refractivity contribution in [3.05, 3.63) is 39.8 Å². The number of carbonyl (C=O) groups is 1. The lowest BCUT2D eigenvalue weighted by molar-refractivity contribution is 0.0603. The average molecular weight is 275 g/mol. The van der Waals surface area contributed by atoms with E-state index in [-0.39, 0.29) is 5.97 Å². The molecule has 3 nitrogen and oxygen atoms in total. The van der Waals surface area contributed by atoms with Gasteiger partial charge in [0.1, 0.15) is 10.6 Å². The molecule has 0 radical (unpaired) electrons. The van der Waals surface area contributed by atoms with Gasteiger partial charge in [0.05, 0.1) is 7.11 Å². The molecular formula is C15H17NO2S. The van der Waals surface area contributed by atoms with Gasteiger partial charge in [0.15, 0.2) is 0 Å². The molecule has 0 atom stereocenters. The zero-order chi connectivity index (χ0) is 14.2. The van der Waals surface area contributed by atoms with Crippen molar-refractivity contribution in [2.45, 2.75) is 20.8 Å². The number of anilines is 1. The summed E-state index contributed by atoms with van der Waals surface area (Å²) in [5.74, 6) is -0.378. The Bertz CT molecular complexity index is 644. The monoisotopic (exact) mass is 275 g/mol. The second kappa shape index (κ2) is 5.05. The van der Waals surface area contributed by atoms with Crippen molar-refractivity contribution < 1.29 is 9.53 Å². The molecule has 0 aliphatic heterocycles. The van der Waals surface area contributed by atoms with Crippen molar-refractivity contribution in [2.24, 2.45) is 0 Å². The molecule has 0 fully saturated rings. The Hall–Kier alpha value is -1.81. The normalized spacial score (nSPS) is 10.5. The summed E-state index contributed by atoms with van der Waals surface area (Å²) >= 11 is 1.42. The van der Waals surface area contributed by atoms with Crippen molar-refractivity contribution in [1.29, 1.82) is 0 Å². The largest absolute Gasteiger partial charge is 0.465 e. The molecular weight excluding hydrogens is 258 g/mol. The Kier molecular flexibility index (Phi) is 3.62. The Labute approximate surface area is 117 Å². The Morgan fingerprint density at radius 2 is 1.95 bits per heavy atom. The molecule has 2 rings (SSSR count). The molecule has 0 bridgehead atoms. The van der Waals surface area contributed by atoms with Crippen LogP contribution in [0.1, 0.15) is 26.4 Å². The number of carbonyl (C=O) groups excluding carboxylic acids is 1. The molecule has 0 spiro atoms. The van der Waals surface area contributed by atoms with Gasteiger partial charge in [-0.05, 0) is 31.9 Å². The molecule has 4 heteroatoms.